The van der Waals surface area contributed by atoms with E-state index in [-0.39, 0.29) is 18.1 Å². The molecule has 2 aromatic carbocycles. The third-order valence-corrected chi connectivity index (χ3v) is 3.54. The number of carbonyl (C=O) groups is 1. The van der Waals surface area contributed by atoms with E-state index in [1.807, 2.05) is 6.92 Å². The lowest BCUT2D eigenvalue weighted by atomic mass is 10.1. The third kappa shape index (κ3) is 4.89. The molecule has 0 aromatic heterocycles. The Morgan fingerprint density at radius 3 is 2.62 bits per heavy atom. The molecule has 0 aliphatic carbocycles. The molecule has 0 spiro atoms. The van der Waals surface area contributed by atoms with Crippen LogP contribution >= 0.6 is 0 Å². The normalized spacial score (nSPS) is 10.6. The highest BCUT2D eigenvalue weighted by atomic mass is 16.5. The number of aromatic hydroxyl groups is 1. The quantitative estimate of drug-likeness (QED) is 0.559. The zero-order chi connectivity index (χ0) is 18.9. The molecular formula is C19H22N2O5. The van der Waals surface area contributed by atoms with Gasteiger partial charge in [-0.1, -0.05) is 12.1 Å². The largest absolute Gasteiger partial charge is 0.504 e. The van der Waals surface area contributed by atoms with Crippen molar-refractivity contribution in [2.75, 3.05) is 20.8 Å². The van der Waals surface area contributed by atoms with Crippen LogP contribution in [0.5, 0.6) is 23.0 Å². The van der Waals surface area contributed by atoms with Crippen LogP contribution in [0.2, 0.25) is 0 Å². The minimum absolute atomic E-state index is 0.0211. The van der Waals surface area contributed by atoms with Gasteiger partial charge in [0.1, 0.15) is 0 Å². The smallest absolute Gasteiger partial charge is 0.244 e. The zero-order valence-electron chi connectivity index (χ0n) is 15.0. The van der Waals surface area contributed by atoms with Crippen molar-refractivity contribution in [1.82, 2.24) is 5.43 Å². The molecule has 0 fully saturated rings. The van der Waals surface area contributed by atoms with Crippen LogP contribution in [0.1, 0.15) is 18.1 Å². The second-order valence-corrected chi connectivity index (χ2v) is 5.29. The van der Waals surface area contributed by atoms with Gasteiger partial charge >= 0.3 is 0 Å². The number of phenols is 1. The number of hydrogen-bond donors (Lipinski definition) is 2. The van der Waals surface area contributed by atoms with Crippen LogP contribution in [-0.2, 0) is 11.2 Å². The van der Waals surface area contributed by atoms with Gasteiger partial charge in [0.2, 0.25) is 5.91 Å². The maximum atomic E-state index is 12.0. The molecule has 0 aliphatic rings. The fourth-order valence-electron chi connectivity index (χ4n) is 2.30. The van der Waals surface area contributed by atoms with Crippen LogP contribution in [0.4, 0.5) is 0 Å². The zero-order valence-corrected chi connectivity index (χ0v) is 15.0. The van der Waals surface area contributed by atoms with Gasteiger partial charge in [-0.2, -0.15) is 5.10 Å². The standard InChI is InChI=1S/C19H22N2O5/c1-4-26-16-7-5-6-14(19(16)23)12-20-21-18(22)11-13-8-9-15(24-2)17(10-13)25-3/h5-10,12,23H,4,11H2,1-3H3,(H,21,22)/b20-12+. The Hall–Kier alpha value is -3.22. The first-order valence-corrected chi connectivity index (χ1v) is 8.06. The molecule has 2 aromatic rings. The molecule has 0 unspecified atom stereocenters. The monoisotopic (exact) mass is 358 g/mol. The second kappa shape index (κ2) is 9.31. The SMILES string of the molecule is CCOc1cccc(/C=N/NC(=O)Cc2ccc(OC)c(OC)c2)c1O. The number of benzene rings is 2. The second-order valence-electron chi connectivity index (χ2n) is 5.29. The van der Waals surface area contributed by atoms with Gasteiger partial charge in [0.25, 0.3) is 0 Å². The van der Waals surface area contributed by atoms with Crippen LogP contribution in [0.15, 0.2) is 41.5 Å². The van der Waals surface area contributed by atoms with E-state index in [0.29, 0.717) is 29.4 Å². The summed E-state index contributed by atoms with van der Waals surface area (Å²) < 4.78 is 15.7. The van der Waals surface area contributed by atoms with E-state index in [2.05, 4.69) is 10.5 Å². The molecule has 7 heteroatoms. The minimum Gasteiger partial charge on any atom is -0.504 e. The Morgan fingerprint density at radius 2 is 1.92 bits per heavy atom. The number of nitrogens with zero attached hydrogens (tertiary/aromatic N) is 1. The average molecular weight is 358 g/mol. The molecule has 0 heterocycles. The maximum Gasteiger partial charge on any atom is 0.244 e. The van der Waals surface area contributed by atoms with Gasteiger partial charge in [-0.05, 0) is 36.8 Å². The van der Waals surface area contributed by atoms with Crippen molar-refractivity contribution >= 4 is 12.1 Å². The average Bonchev–Trinajstić information content (AvgIpc) is 2.64. The molecule has 7 nitrogen and oxygen atoms in total. The fourth-order valence-corrected chi connectivity index (χ4v) is 2.30. The van der Waals surface area contributed by atoms with Crippen molar-refractivity contribution in [3.05, 3.63) is 47.5 Å². The maximum absolute atomic E-state index is 12.0. The van der Waals surface area contributed by atoms with E-state index in [4.69, 9.17) is 14.2 Å². The van der Waals surface area contributed by atoms with Gasteiger partial charge in [-0.15, -0.1) is 0 Å². The Morgan fingerprint density at radius 1 is 1.15 bits per heavy atom. The predicted octanol–water partition coefficient (Wildman–Crippen LogP) is 2.50. The van der Waals surface area contributed by atoms with Crippen molar-refractivity contribution in [3.8, 4) is 23.0 Å². The number of rotatable bonds is 8. The highest BCUT2D eigenvalue weighted by Crippen LogP contribution is 2.29. The van der Waals surface area contributed by atoms with Gasteiger partial charge in [0.05, 0.1) is 33.5 Å². The summed E-state index contributed by atoms with van der Waals surface area (Å²) in [6.07, 6.45) is 1.49. The molecule has 0 radical (unpaired) electrons. The molecular weight excluding hydrogens is 336 g/mol. The number of phenolic OH excluding ortho intramolecular Hbond substituents is 1. The summed E-state index contributed by atoms with van der Waals surface area (Å²) in [4.78, 5) is 12.0. The molecule has 1 amide bonds. The van der Waals surface area contributed by atoms with E-state index in [1.54, 1.807) is 43.5 Å². The van der Waals surface area contributed by atoms with Crippen molar-refractivity contribution in [3.63, 3.8) is 0 Å². The molecule has 0 bridgehead atoms. The third-order valence-electron chi connectivity index (χ3n) is 3.54. The van der Waals surface area contributed by atoms with Crippen molar-refractivity contribution < 1.29 is 24.1 Å². The number of ether oxygens (including phenoxy) is 3. The molecule has 138 valence electrons. The number of hydrogen-bond acceptors (Lipinski definition) is 6. The van der Waals surface area contributed by atoms with Gasteiger partial charge in [-0.3, -0.25) is 4.79 Å². The fraction of sp³-hybridized carbons (Fsp3) is 0.263. The van der Waals surface area contributed by atoms with Gasteiger partial charge in [0.15, 0.2) is 23.0 Å². The van der Waals surface area contributed by atoms with Crippen LogP contribution in [0.25, 0.3) is 0 Å². The van der Waals surface area contributed by atoms with E-state index in [1.165, 1.54) is 13.3 Å². The van der Waals surface area contributed by atoms with Crippen molar-refractivity contribution in [1.29, 1.82) is 0 Å². The number of para-hydroxylation sites is 1. The van der Waals surface area contributed by atoms with Crippen LogP contribution in [0, 0.1) is 0 Å². The van der Waals surface area contributed by atoms with Gasteiger partial charge in [-0.25, -0.2) is 5.43 Å². The first-order chi connectivity index (χ1) is 12.6. The molecule has 0 saturated carbocycles. The summed E-state index contributed by atoms with van der Waals surface area (Å²) in [5.74, 6) is 1.20. The number of methoxy groups -OCH3 is 2. The molecule has 0 saturated heterocycles. The summed E-state index contributed by atoms with van der Waals surface area (Å²) in [5, 5.41) is 14.0. The first kappa shape index (κ1) is 19.1. The number of carbonyl (C=O) groups excluding carboxylic acids is 1. The lowest BCUT2D eigenvalue weighted by molar-refractivity contribution is -0.120. The molecule has 26 heavy (non-hydrogen) atoms. The lowest BCUT2D eigenvalue weighted by Crippen LogP contribution is -2.19. The topological polar surface area (TPSA) is 89.4 Å². The van der Waals surface area contributed by atoms with E-state index in [0.717, 1.165) is 5.56 Å². The summed E-state index contributed by atoms with van der Waals surface area (Å²) in [6, 6.07) is 10.3. The van der Waals surface area contributed by atoms with Gasteiger partial charge < -0.3 is 19.3 Å². The van der Waals surface area contributed by atoms with Crippen molar-refractivity contribution in [2.45, 2.75) is 13.3 Å². The first-order valence-electron chi connectivity index (χ1n) is 8.06. The molecule has 0 aliphatic heterocycles. The number of hydrazone groups is 1. The highest BCUT2D eigenvalue weighted by Gasteiger charge is 2.09. The summed E-state index contributed by atoms with van der Waals surface area (Å²) in [5.41, 5.74) is 3.64. The van der Waals surface area contributed by atoms with E-state index in [9.17, 15) is 9.90 Å². The Bertz CT molecular complexity index is 789. The number of nitrogens with one attached hydrogen (secondary N) is 1. The highest BCUT2D eigenvalue weighted by molar-refractivity contribution is 5.86. The molecule has 2 rings (SSSR count). The van der Waals surface area contributed by atoms with E-state index < -0.39 is 0 Å². The number of amides is 1. The van der Waals surface area contributed by atoms with Crippen LogP contribution in [-0.4, -0.2) is 38.1 Å². The summed E-state index contributed by atoms with van der Waals surface area (Å²) in [7, 11) is 3.09. The van der Waals surface area contributed by atoms with E-state index >= 15 is 0 Å². The molecule has 2 N–H and O–H groups in total. The van der Waals surface area contributed by atoms with Crippen LogP contribution in [0.3, 0.4) is 0 Å². The Labute approximate surface area is 152 Å². The summed E-state index contributed by atoms with van der Waals surface area (Å²) >= 11 is 0. The summed E-state index contributed by atoms with van der Waals surface area (Å²) in [6.45, 7) is 2.27. The Kier molecular flexibility index (Phi) is 6.84. The molecule has 0 atom stereocenters. The van der Waals surface area contributed by atoms with Crippen molar-refractivity contribution in [2.24, 2.45) is 5.10 Å². The van der Waals surface area contributed by atoms with Gasteiger partial charge in [0, 0.05) is 5.56 Å². The predicted molar refractivity (Wildman–Crippen MR) is 98.3 cm³/mol. The Balaban J connectivity index is 1.99. The lowest BCUT2D eigenvalue weighted by Gasteiger charge is -2.09. The minimum atomic E-state index is -0.297. The van der Waals surface area contributed by atoms with Crippen LogP contribution < -0.4 is 19.6 Å².